The van der Waals surface area contributed by atoms with Crippen LogP contribution in [0.3, 0.4) is 0 Å². The van der Waals surface area contributed by atoms with E-state index in [1.165, 1.54) is 5.69 Å². The topological polar surface area (TPSA) is 42.0 Å². The first-order valence-electron chi connectivity index (χ1n) is 9.63. The van der Waals surface area contributed by atoms with E-state index in [1.54, 1.807) is 0 Å². The fraction of sp³-hybridized carbons (Fsp3) is 0.667. The van der Waals surface area contributed by atoms with Gasteiger partial charge in [0.15, 0.2) is 0 Å². The fourth-order valence-corrected chi connectivity index (χ4v) is 3.69. The van der Waals surface area contributed by atoms with Crippen molar-refractivity contribution in [2.45, 2.75) is 52.2 Å². The number of likely N-dealkylation sites (tertiary alicyclic amines) is 1. The average Bonchev–Trinajstić information content (AvgIpc) is 2.57. The van der Waals surface area contributed by atoms with Crippen molar-refractivity contribution in [2.75, 3.05) is 37.7 Å². The van der Waals surface area contributed by atoms with Gasteiger partial charge in [-0.3, -0.25) is 0 Å². The molecule has 2 aliphatic heterocycles. The molecule has 1 aromatic rings. The van der Waals surface area contributed by atoms with Crippen molar-refractivity contribution in [2.24, 2.45) is 5.41 Å². The van der Waals surface area contributed by atoms with Crippen molar-refractivity contribution in [1.82, 2.24) is 4.90 Å². The Morgan fingerprint density at radius 1 is 1.23 bits per heavy atom. The summed E-state index contributed by atoms with van der Waals surface area (Å²) in [5.41, 5.74) is 1.04. The van der Waals surface area contributed by atoms with E-state index >= 15 is 0 Å². The first-order valence-corrected chi connectivity index (χ1v) is 9.63. The minimum atomic E-state index is -0.442. The zero-order chi connectivity index (χ0) is 18.8. The molecule has 0 aliphatic carbocycles. The van der Waals surface area contributed by atoms with Crippen LogP contribution in [0.2, 0.25) is 0 Å². The lowest BCUT2D eigenvalue weighted by Crippen LogP contribution is -2.54. The summed E-state index contributed by atoms with van der Waals surface area (Å²) in [6.07, 6.45) is 1.73. The normalized spacial score (nSPS) is 20.4. The molecule has 0 bridgehead atoms. The number of anilines is 1. The van der Waals surface area contributed by atoms with Crippen molar-refractivity contribution < 1.29 is 14.3 Å². The number of benzene rings is 1. The van der Waals surface area contributed by atoms with Gasteiger partial charge in [0.25, 0.3) is 0 Å². The summed E-state index contributed by atoms with van der Waals surface area (Å²) >= 11 is 0. The van der Waals surface area contributed by atoms with E-state index in [0.29, 0.717) is 6.04 Å². The second-order valence-corrected chi connectivity index (χ2v) is 8.97. The Hall–Kier alpha value is -1.75. The maximum atomic E-state index is 12.3. The molecular formula is C21H32N2O3. The fourth-order valence-electron chi connectivity index (χ4n) is 3.69. The third-order valence-corrected chi connectivity index (χ3v) is 5.10. The standard InChI is InChI=1S/C21H32N2O3/c1-20(2,3)26-19(24)22-12-10-18(11-13-22)23(14-21(4)15-25-16-21)17-8-6-5-7-9-17/h5-9,18H,10-16H2,1-4H3. The number of carbonyl (C=O) groups excluding carboxylic acids is 1. The van der Waals surface area contributed by atoms with Crippen LogP contribution in [0.25, 0.3) is 0 Å². The maximum Gasteiger partial charge on any atom is 0.410 e. The third kappa shape index (κ3) is 4.70. The summed E-state index contributed by atoms with van der Waals surface area (Å²) in [5.74, 6) is 0. The lowest BCUT2D eigenvalue weighted by molar-refractivity contribution is -0.0966. The highest BCUT2D eigenvalue weighted by Crippen LogP contribution is 2.33. The molecule has 1 amide bonds. The second kappa shape index (κ2) is 7.47. The van der Waals surface area contributed by atoms with Gasteiger partial charge in [-0.2, -0.15) is 0 Å². The number of rotatable bonds is 4. The Kier molecular flexibility index (Phi) is 5.47. The minimum absolute atomic E-state index is 0.193. The zero-order valence-electron chi connectivity index (χ0n) is 16.5. The molecule has 5 nitrogen and oxygen atoms in total. The lowest BCUT2D eigenvalue weighted by Gasteiger charge is -2.47. The number of hydrogen-bond acceptors (Lipinski definition) is 4. The minimum Gasteiger partial charge on any atom is -0.444 e. The molecule has 1 aromatic carbocycles. The predicted molar refractivity (Wildman–Crippen MR) is 104 cm³/mol. The Labute approximate surface area is 157 Å². The number of carbonyl (C=O) groups is 1. The number of piperidine rings is 1. The third-order valence-electron chi connectivity index (χ3n) is 5.10. The van der Waals surface area contributed by atoms with Gasteiger partial charge in [0, 0.05) is 36.8 Å². The Morgan fingerprint density at radius 2 is 1.85 bits per heavy atom. The summed E-state index contributed by atoms with van der Waals surface area (Å²) in [6, 6.07) is 11.1. The summed E-state index contributed by atoms with van der Waals surface area (Å²) in [5, 5.41) is 0. The van der Waals surface area contributed by atoms with Crippen LogP contribution in [-0.4, -0.2) is 55.5 Å². The van der Waals surface area contributed by atoms with Crippen LogP contribution in [0.4, 0.5) is 10.5 Å². The van der Waals surface area contributed by atoms with Crippen molar-refractivity contribution >= 4 is 11.8 Å². The van der Waals surface area contributed by atoms with E-state index < -0.39 is 5.60 Å². The molecular weight excluding hydrogens is 328 g/mol. The molecule has 2 saturated heterocycles. The molecule has 2 aliphatic rings. The highest BCUT2D eigenvalue weighted by molar-refractivity contribution is 5.68. The molecule has 0 saturated carbocycles. The number of ether oxygens (including phenoxy) is 2. The van der Waals surface area contributed by atoms with Gasteiger partial charge in [0.1, 0.15) is 5.60 Å². The van der Waals surface area contributed by atoms with Crippen LogP contribution in [0.5, 0.6) is 0 Å². The van der Waals surface area contributed by atoms with Crippen LogP contribution in [0.1, 0.15) is 40.5 Å². The van der Waals surface area contributed by atoms with Crippen molar-refractivity contribution in [3.8, 4) is 0 Å². The van der Waals surface area contributed by atoms with Crippen LogP contribution < -0.4 is 4.90 Å². The zero-order valence-corrected chi connectivity index (χ0v) is 16.5. The summed E-state index contributed by atoms with van der Waals surface area (Å²) in [4.78, 5) is 16.7. The Morgan fingerprint density at radius 3 is 2.35 bits per heavy atom. The highest BCUT2D eigenvalue weighted by Gasteiger charge is 2.38. The second-order valence-electron chi connectivity index (χ2n) is 8.97. The molecule has 5 heteroatoms. The first-order chi connectivity index (χ1) is 12.3. The van der Waals surface area contributed by atoms with Crippen molar-refractivity contribution in [3.05, 3.63) is 30.3 Å². The number of nitrogens with zero attached hydrogens (tertiary/aromatic N) is 2. The van der Waals surface area contributed by atoms with E-state index in [9.17, 15) is 4.79 Å². The molecule has 0 aromatic heterocycles. The predicted octanol–water partition coefficient (Wildman–Crippen LogP) is 3.93. The van der Waals surface area contributed by atoms with Gasteiger partial charge in [-0.1, -0.05) is 25.1 Å². The molecule has 26 heavy (non-hydrogen) atoms. The van der Waals surface area contributed by atoms with Crippen LogP contribution in [-0.2, 0) is 9.47 Å². The Bertz CT molecular complexity index is 599. The van der Waals surface area contributed by atoms with E-state index in [0.717, 1.165) is 45.7 Å². The first kappa shape index (κ1) is 19.0. The van der Waals surface area contributed by atoms with Gasteiger partial charge in [0.05, 0.1) is 13.2 Å². The monoisotopic (exact) mass is 360 g/mol. The molecule has 2 fully saturated rings. The number of amides is 1. The molecule has 0 radical (unpaired) electrons. The largest absolute Gasteiger partial charge is 0.444 e. The molecule has 0 unspecified atom stereocenters. The van der Waals surface area contributed by atoms with Gasteiger partial charge in [-0.25, -0.2) is 4.79 Å². The summed E-state index contributed by atoms with van der Waals surface area (Å²) in [6.45, 7) is 12.2. The molecule has 2 heterocycles. The van der Waals surface area contributed by atoms with Crippen LogP contribution in [0, 0.1) is 5.41 Å². The number of para-hydroxylation sites is 1. The van der Waals surface area contributed by atoms with Gasteiger partial charge in [0.2, 0.25) is 0 Å². The van der Waals surface area contributed by atoms with E-state index in [4.69, 9.17) is 9.47 Å². The molecule has 144 valence electrons. The summed E-state index contributed by atoms with van der Waals surface area (Å²) in [7, 11) is 0. The maximum absolute atomic E-state index is 12.3. The van der Waals surface area contributed by atoms with Crippen molar-refractivity contribution in [1.29, 1.82) is 0 Å². The van der Waals surface area contributed by atoms with Gasteiger partial charge in [-0.05, 0) is 45.7 Å². The molecule has 0 atom stereocenters. The van der Waals surface area contributed by atoms with Gasteiger partial charge < -0.3 is 19.3 Å². The van der Waals surface area contributed by atoms with Gasteiger partial charge in [-0.15, -0.1) is 0 Å². The number of hydrogen-bond donors (Lipinski definition) is 0. The Balaban J connectivity index is 1.64. The van der Waals surface area contributed by atoms with Crippen molar-refractivity contribution in [3.63, 3.8) is 0 Å². The van der Waals surface area contributed by atoms with Crippen LogP contribution >= 0.6 is 0 Å². The SMILES string of the molecule is CC1(CN(c2ccccc2)C2CCN(C(=O)OC(C)(C)C)CC2)COC1. The highest BCUT2D eigenvalue weighted by atomic mass is 16.6. The van der Waals surface area contributed by atoms with E-state index in [1.807, 2.05) is 25.7 Å². The molecule has 3 rings (SSSR count). The molecule has 0 spiro atoms. The van der Waals surface area contributed by atoms with Crippen LogP contribution in [0.15, 0.2) is 30.3 Å². The van der Waals surface area contributed by atoms with E-state index in [-0.39, 0.29) is 11.5 Å². The van der Waals surface area contributed by atoms with E-state index in [2.05, 4.69) is 42.2 Å². The molecule has 0 N–H and O–H groups in total. The lowest BCUT2D eigenvalue weighted by atomic mass is 9.86. The summed E-state index contributed by atoms with van der Waals surface area (Å²) < 4.78 is 11.0. The smallest absolute Gasteiger partial charge is 0.410 e. The quantitative estimate of drug-likeness (QED) is 0.816. The average molecular weight is 360 g/mol. The van der Waals surface area contributed by atoms with Gasteiger partial charge >= 0.3 is 6.09 Å².